The lowest BCUT2D eigenvalue weighted by Crippen LogP contribution is -2.39. The van der Waals surface area contributed by atoms with E-state index in [0.29, 0.717) is 29.7 Å². The summed E-state index contributed by atoms with van der Waals surface area (Å²) in [5.41, 5.74) is 2.52. The Morgan fingerprint density at radius 1 is 1.12 bits per heavy atom. The second kappa shape index (κ2) is 6.48. The number of amides is 3. The lowest BCUT2D eigenvalue weighted by Gasteiger charge is -2.19. The van der Waals surface area contributed by atoms with Gasteiger partial charge in [-0.05, 0) is 36.8 Å². The van der Waals surface area contributed by atoms with E-state index >= 15 is 0 Å². The maximum atomic E-state index is 12.3. The topological polar surface area (TPSA) is 88.4 Å². The number of rotatable bonds is 3. The van der Waals surface area contributed by atoms with Crippen molar-refractivity contribution in [1.29, 1.82) is 0 Å². The van der Waals surface area contributed by atoms with Crippen LogP contribution in [0.15, 0.2) is 59.2 Å². The molecule has 1 aliphatic rings. The van der Waals surface area contributed by atoms with Crippen molar-refractivity contribution in [3.63, 3.8) is 0 Å². The second-order valence-electron chi connectivity index (χ2n) is 6.23. The highest BCUT2D eigenvalue weighted by atomic mass is 16.3. The molecule has 3 amide bonds. The number of furan rings is 1. The molecule has 2 N–H and O–H groups in total. The van der Waals surface area contributed by atoms with Gasteiger partial charge in [0.1, 0.15) is 5.58 Å². The van der Waals surface area contributed by atoms with E-state index in [1.807, 2.05) is 6.07 Å². The van der Waals surface area contributed by atoms with E-state index in [1.165, 1.54) is 0 Å². The monoisotopic (exact) mass is 348 g/mol. The molecule has 1 aliphatic heterocycles. The van der Waals surface area contributed by atoms with Crippen LogP contribution in [0.25, 0.3) is 11.0 Å². The minimum atomic E-state index is -0.436. The zero-order valence-corrected chi connectivity index (χ0v) is 13.8. The standard InChI is InChI=1S/C20H16N2O4/c23-18-9-7-14(20(25)22-18)16-11-26-17-8-6-13(10-15(16)17)21-19(24)12-4-2-1-3-5-12/h1-6,8,10-11,14H,7,9H2,(H,21,24)(H,22,23,25). The first kappa shape index (κ1) is 16.1. The van der Waals surface area contributed by atoms with Crippen molar-refractivity contribution in [2.75, 3.05) is 5.32 Å². The van der Waals surface area contributed by atoms with E-state index in [2.05, 4.69) is 10.6 Å². The van der Waals surface area contributed by atoms with Crippen molar-refractivity contribution in [1.82, 2.24) is 5.32 Å². The molecule has 0 bridgehead atoms. The number of anilines is 1. The van der Waals surface area contributed by atoms with Crippen LogP contribution in [0.1, 0.15) is 34.7 Å². The molecule has 6 heteroatoms. The molecular formula is C20H16N2O4. The molecule has 0 radical (unpaired) electrons. The molecule has 2 heterocycles. The van der Waals surface area contributed by atoms with Gasteiger partial charge in [0.05, 0.1) is 12.2 Å². The quantitative estimate of drug-likeness (QED) is 0.712. The maximum absolute atomic E-state index is 12.3. The van der Waals surface area contributed by atoms with E-state index in [4.69, 9.17) is 4.42 Å². The Morgan fingerprint density at radius 2 is 1.92 bits per heavy atom. The summed E-state index contributed by atoms with van der Waals surface area (Å²) in [6, 6.07) is 14.2. The molecule has 0 spiro atoms. The summed E-state index contributed by atoms with van der Waals surface area (Å²) in [7, 11) is 0. The average Bonchev–Trinajstić information content (AvgIpc) is 3.05. The predicted molar refractivity (Wildman–Crippen MR) is 95.7 cm³/mol. The number of piperidine rings is 1. The van der Waals surface area contributed by atoms with Crippen molar-refractivity contribution >= 4 is 34.4 Å². The highest BCUT2D eigenvalue weighted by Crippen LogP contribution is 2.33. The van der Waals surface area contributed by atoms with Crippen LogP contribution in [-0.2, 0) is 9.59 Å². The molecule has 1 saturated heterocycles. The Labute approximate surface area is 149 Å². The van der Waals surface area contributed by atoms with Gasteiger partial charge in [-0.3, -0.25) is 19.7 Å². The number of carbonyl (C=O) groups excluding carboxylic acids is 3. The zero-order valence-electron chi connectivity index (χ0n) is 13.8. The van der Waals surface area contributed by atoms with E-state index in [-0.39, 0.29) is 17.7 Å². The molecule has 6 nitrogen and oxygen atoms in total. The summed E-state index contributed by atoms with van der Waals surface area (Å²) in [6.07, 6.45) is 2.29. The molecule has 26 heavy (non-hydrogen) atoms. The molecule has 1 unspecified atom stereocenters. The van der Waals surface area contributed by atoms with Gasteiger partial charge in [0.2, 0.25) is 11.8 Å². The molecule has 0 aliphatic carbocycles. The summed E-state index contributed by atoms with van der Waals surface area (Å²) in [4.78, 5) is 35.8. The second-order valence-corrected chi connectivity index (χ2v) is 6.23. The Hall–Kier alpha value is -3.41. The van der Waals surface area contributed by atoms with Crippen LogP contribution in [0.3, 0.4) is 0 Å². The van der Waals surface area contributed by atoms with Crippen LogP contribution in [0, 0.1) is 0 Å². The van der Waals surface area contributed by atoms with Crippen molar-refractivity contribution < 1.29 is 18.8 Å². The van der Waals surface area contributed by atoms with Gasteiger partial charge in [-0.2, -0.15) is 0 Å². The minimum Gasteiger partial charge on any atom is -0.464 e. The lowest BCUT2D eigenvalue weighted by atomic mass is 9.90. The van der Waals surface area contributed by atoms with Gasteiger partial charge in [-0.15, -0.1) is 0 Å². The maximum Gasteiger partial charge on any atom is 0.255 e. The molecule has 130 valence electrons. The zero-order chi connectivity index (χ0) is 18.1. The molecule has 4 rings (SSSR count). The highest BCUT2D eigenvalue weighted by molar-refractivity contribution is 6.06. The number of hydrogen-bond acceptors (Lipinski definition) is 4. The molecular weight excluding hydrogens is 332 g/mol. The number of carbonyl (C=O) groups is 3. The fourth-order valence-electron chi connectivity index (χ4n) is 3.18. The molecule has 2 aromatic carbocycles. The highest BCUT2D eigenvalue weighted by Gasteiger charge is 2.30. The Bertz CT molecular complexity index is 1010. The summed E-state index contributed by atoms with van der Waals surface area (Å²) < 4.78 is 5.54. The summed E-state index contributed by atoms with van der Waals surface area (Å²) >= 11 is 0. The summed E-state index contributed by atoms with van der Waals surface area (Å²) in [5.74, 6) is -1.22. The van der Waals surface area contributed by atoms with Crippen LogP contribution in [0.4, 0.5) is 5.69 Å². The molecule has 0 saturated carbocycles. The lowest BCUT2D eigenvalue weighted by molar-refractivity contribution is -0.134. The van der Waals surface area contributed by atoms with Crippen molar-refractivity contribution in [2.45, 2.75) is 18.8 Å². The number of imide groups is 1. The molecule has 3 aromatic rings. The number of nitrogens with one attached hydrogen (secondary N) is 2. The third-order valence-electron chi connectivity index (χ3n) is 4.51. The number of hydrogen-bond donors (Lipinski definition) is 2. The van der Waals surface area contributed by atoms with Gasteiger partial charge >= 0.3 is 0 Å². The third-order valence-corrected chi connectivity index (χ3v) is 4.51. The molecule has 1 aromatic heterocycles. The van der Waals surface area contributed by atoms with Crippen molar-refractivity contribution in [3.05, 3.63) is 65.9 Å². The van der Waals surface area contributed by atoms with E-state index in [0.717, 1.165) is 10.9 Å². The number of fused-ring (bicyclic) bond motifs is 1. The first-order valence-electron chi connectivity index (χ1n) is 8.33. The minimum absolute atomic E-state index is 0.212. The van der Waals surface area contributed by atoms with E-state index in [9.17, 15) is 14.4 Å². The summed E-state index contributed by atoms with van der Waals surface area (Å²) in [6.45, 7) is 0. The smallest absolute Gasteiger partial charge is 0.255 e. The average molecular weight is 348 g/mol. The van der Waals surface area contributed by atoms with Crippen LogP contribution >= 0.6 is 0 Å². The van der Waals surface area contributed by atoms with E-state index < -0.39 is 5.92 Å². The molecule has 1 atom stereocenters. The van der Waals surface area contributed by atoms with Crippen LogP contribution in [0.2, 0.25) is 0 Å². The number of benzene rings is 2. The third kappa shape index (κ3) is 2.97. The van der Waals surface area contributed by atoms with E-state index in [1.54, 1.807) is 48.7 Å². The van der Waals surface area contributed by atoms with Gasteiger partial charge in [0.25, 0.3) is 5.91 Å². The largest absolute Gasteiger partial charge is 0.464 e. The van der Waals surface area contributed by atoms with Crippen LogP contribution in [0.5, 0.6) is 0 Å². The van der Waals surface area contributed by atoms with Gasteiger partial charge < -0.3 is 9.73 Å². The SMILES string of the molecule is O=C1CCC(c2coc3ccc(NC(=O)c4ccccc4)cc23)C(=O)N1. The molecule has 1 fully saturated rings. The Balaban J connectivity index is 1.63. The normalized spacial score (nSPS) is 17.2. The summed E-state index contributed by atoms with van der Waals surface area (Å²) in [5, 5.41) is 5.97. The first-order chi connectivity index (χ1) is 12.6. The van der Waals surface area contributed by atoms with Gasteiger partial charge in [-0.25, -0.2) is 0 Å². The first-order valence-corrected chi connectivity index (χ1v) is 8.33. The Kier molecular flexibility index (Phi) is 4.01. The van der Waals surface area contributed by atoms with Crippen LogP contribution < -0.4 is 10.6 Å². The van der Waals surface area contributed by atoms with Gasteiger partial charge in [-0.1, -0.05) is 18.2 Å². The Morgan fingerprint density at radius 3 is 2.69 bits per heavy atom. The van der Waals surface area contributed by atoms with Crippen LogP contribution in [-0.4, -0.2) is 17.7 Å². The van der Waals surface area contributed by atoms with Crippen molar-refractivity contribution in [2.24, 2.45) is 0 Å². The van der Waals surface area contributed by atoms with Crippen molar-refractivity contribution in [3.8, 4) is 0 Å². The van der Waals surface area contributed by atoms with Gasteiger partial charge in [0.15, 0.2) is 0 Å². The van der Waals surface area contributed by atoms with Gasteiger partial charge in [0, 0.05) is 28.6 Å². The predicted octanol–water partition coefficient (Wildman–Crippen LogP) is 3.21. The fourth-order valence-corrected chi connectivity index (χ4v) is 3.18. The fraction of sp³-hybridized carbons (Fsp3) is 0.150.